The van der Waals surface area contributed by atoms with Crippen molar-refractivity contribution in [1.82, 2.24) is 19.7 Å². The summed E-state index contributed by atoms with van der Waals surface area (Å²) in [6, 6.07) is 9.31. The molecule has 0 fully saturated rings. The molecule has 0 radical (unpaired) electrons. The second kappa shape index (κ2) is 13.1. The standard InChI is InChI=1S/C30H40N4O4S/c1-9-12-24(26(10-2)37-5)27-25-18-23(21-13-11-14-22(17-21)28(35)30(36)33(3)4)19-31-29(25)34(32-27)20-38-15-16-39(6,7)8/h9-14,17-19,28,35H,2,15-16,20H2,1,3-8H3/b12-9-,26-24-. The van der Waals surface area contributed by atoms with Gasteiger partial charge in [0, 0.05) is 42.6 Å². The minimum absolute atomic E-state index is 0.270. The van der Waals surface area contributed by atoms with E-state index in [0.717, 1.165) is 27.8 Å². The van der Waals surface area contributed by atoms with Gasteiger partial charge in [-0.25, -0.2) is 19.7 Å². The van der Waals surface area contributed by atoms with Crippen LogP contribution in [0, 0.1) is 0 Å². The van der Waals surface area contributed by atoms with Crippen molar-refractivity contribution in [3.05, 3.63) is 78.4 Å². The number of aliphatic hydroxyl groups excluding tert-OH is 1. The molecule has 210 valence electrons. The number of methoxy groups -OCH3 is 1. The lowest BCUT2D eigenvalue weighted by atomic mass is 9.99. The van der Waals surface area contributed by atoms with Crippen molar-refractivity contribution >= 4 is 32.5 Å². The third kappa shape index (κ3) is 7.38. The van der Waals surface area contributed by atoms with E-state index in [2.05, 4.69) is 25.3 Å². The van der Waals surface area contributed by atoms with Gasteiger partial charge in [0.05, 0.1) is 13.7 Å². The molecule has 0 saturated heterocycles. The van der Waals surface area contributed by atoms with Gasteiger partial charge in [-0.1, -0.05) is 36.9 Å². The number of aromatic nitrogens is 3. The zero-order chi connectivity index (χ0) is 28.7. The lowest BCUT2D eigenvalue weighted by molar-refractivity contribution is -0.137. The van der Waals surface area contributed by atoms with Crippen molar-refractivity contribution in [2.45, 2.75) is 19.8 Å². The highest BCUT2D eigenvalue weighted by molar-refractivity contribution is 8.32. The maximum absolute atomic E-state index is 12.3. The smallest absolute Gasteiger partial charge is 0.255 e. The van der Waals surface area contributed by atoms with E-state index in [0.29, 0.717) is 29.3 Å². The highest BCUT2D eigenvalue weighted by atomic mass is 32.3. The van der Waals surface area contributed by atoms with Gasteiger partial charge in [-0.05, 0) is 55.0 Å². The molecule has 2 heterocycles. The summed E-state index contributed by atoms with van der Waals surface area (Å²) >= 11 is 0. The lowest BCUT2D eigenvalue weighted by Gasteiger charge is -2.24. The van der Waals surface area contributed by atoms with Crippen molar-refractivity contribution < 1.29 is 19.4 Å². The molecule has 8 nitrogen and oxygen atoms in total. The highest BCUT2D eigenvalue weighted by Crippen LogP contribution is 2.34. The number of rotatable bonds is 12. The summed E-state index contributed by atoms with van der Waals surface area (Å²) in [6.07, 6.45) is 12.8. The second-order valence-corrected chi connectivity index (χ2v) is 14.8. The lowest BCUT2D eigenvalue weighted by Crippen LogP contribution is -2.28. The molecule has 1 N–H and O–H groups in total. The summed E-state index contributed by atoms with van der Waals surface area (Å²) in [4.78, 5) is 18.5. The Labute approximate surface area is 232 Å². The summed E-state index contributed by atoms with van der Waals surface area (Å²) in [5.41, 5.74) is 4.31. The van der Waals surface area contributed by atoms with Crippen LogP contribution in [0.15, 0.2) is 67.1 Å². The number of amides is 1. The van der Waals surface area contributed by atoms with Gasteiger partial charge in [-0.15, -0.1) is 0 Å². The van der Waals surface area contributed by atoms with Crippen LogP contribution in [0.25, 0.3) is 27.7 Å². The van der Waals surface area contributed by atoms with Gasteiger partial charge in [0.2, 0.25) is 0 Å². The first-order valence-corrected chi connectivity index (χ1v) is 15.7. The number of likely N-dealkylation sites (N-methyl/N-ethyl adjacent to an activating group) is 1. The number of benzene rings is 1. The Kier molecular flexibility index (Phi) is 10.1. The third-order valence-corrected chi connectivity index (χ3v) is 7.50. The minimum Gasteiger partial charge on any atom is -0.496 e. The Balaban J connectivity index is 2.12. The number of nitrogens with zero attached hydrogens (tertiary/aromatic N) is 4. The molecule has 39 heavy (non-hydrogen) atoms. The number of ether oxygens (including phenoxy) is 2. The predicted molar refractivity (Wildman–Crippen MR) is 162 cm³/mol. The zero-order valence-electron chi connectivity index (χ0n) is 24.0. The molecule has 2 aromatic heterocycles. The van der Waals surface area contributed by atoms with Crippen molar-refractivity contribution in [3.63, 3.8) is 0 Å². The van der Waals surface area contributed by atoms with E-state index >= 15 is 0 Å². The van der Waals surface area contributed by atoms with Crippen LogP contribution in [0.4, 0.5) is 0 Å². The van der Waals surface area contributed by atoms with Crippen LogP contribution in [-0.2, 0) is 21.0 Å². The van der Waals surface area contributed by atoms with E-state index in [-0.39, 0.29) is 12.6 Å². The Bertz CT molecular complexity index is 1390. The molecule has 1 unspecified atom stereocenters. The van der Waals surface area contributed by atoms with E-state index in [1.165, 1.54) is 4.90 Å². The predicted octanol–water partition coefficient (Wildman–Crippen LogP) is 5.01. The van der Waals surface area contributed by atoms with Crippen molar-refractivity contribution in [3.8, 4) is 11.1 Å². The first-order chi connectivity index (χ1) is 18.5. The van der Waals surface area contributed by atoms with E-state index in [1.807, 2.05) is 43.3 Å². The molecule has 9 heteroatoms. The number of fused-ring (bicyclic) bond motifs is 1. The van der Waals surface area contributed by atoms with Crippen LogP contribution in [0.3, 0.4) is 0 Å². The Morgan fingerprint density at radius 2 is 1.97 bits per heavy atom. The zero-order valence-corrected chi connectivity index (χ0v) is 24.8. The largest absolute Gasteiger partial charge is 0.496 e. The SMILES string of the molecule is C=C/C(OC)=C(\C=C/C)c1nn(COCCS(C)(C)C)c2ncc(-c3cccc(C(O)C(=O)N(C)C)c3)cc12. The Hall–Kier alpha value is -3.40. The quantitative estimate of drug-likeness (QED) is 0.193. The highest BCUT2D eigenvalue weighted by Gasteiger charge is 2.21. The van der Waals surface area contributed by atoms with Gasteiger partial charge in [0.15, 0.2) is 11.8 Å². The van der Waals surface area contributed by atoms with Gasteiger partial charge in [0.25, 0.3) is 5.91 Å². The van der Waals surface area contributed by atoms with E-state index in [4.69, 9.17) is 19.6 Å². The van der Waals surface area contributed by atoms with Crippen molar-refractivity contribution in [2.75, 3.05) is 52.3 Å². The molecule has 0 aliphatic rings. The summed E-state index contributed by atoms with van der Waals surface area (Å²) in [7, 11) is 4.18. The van der Waals surface area contributed by atoms with Gasteiger partial charge >= 0.3 is 0 Å². The Morgan fingerprint density at radius 3 is 2.59 bits per heavy atom. The van der Waals surface area contributed by atoms with Crippen molar-refractivity contribution in [1.29, 1.82) is 0 Å². The monoisotopic (exact) mass is 552 g/mol. The first kappa shape index (κ1) is 30.1. The molecule has 1 aromatic carbocycles. The minimum atomic E-state index is -1.25. The number of hydrogen-bond donors (Lipinski definition) is 1. The number of allylic oxidation sites excluding steroid dienone is 4. The fraction of sp³-hybridized carbons (Fsp3) is 0.367. The number of pyridine rings is 1. The van der Waals surface area contributed by atoms with Gasteiger partial charge in [0.1, 0.15) is 18.2 Å². The molecule has 0 aliphatic carbocycles. The molecule has 0 aliphatic heterocycles. The molecule has 3 aromatic rings. The maximum Gasteiger partial charge on any atom is 0.255 e. The molecule has 1 amide bonds. The summed E-state index contributed by atoms with van der Waals surface area (Å²) in [5.74, 6) is 1.22. The average Bonchev–Trinajstić information content (AvgIpc) is 3.27. The average molecular weight is 553 g/mol. The summed E-state index contributed by atoms with van der Waals surface area (Å²) in [5, 5.41) is 16.3. The van der Waals surface area contributed by atoms with E-state index < -0.39 is 16.1 Å². The number of carbonyl (C=O) groups excluding carboxylic acids is 1. The molecule has 0 bridgehead atoms. The fourth-order valence-electron chi connectivity index (χ4n) is 3.99. The molecule has 3 rings (SSSR count). The number of hydrogen-bond acceptors (Lipinski definition) is 6. The molecule has 0 spiro atoms. The van der Waals surface area contributed by atoms with Gasteiger partial charge in [-0.3, -0.25) is 4.79 Å². The normalized spacial score (nSPS) is 13.8. The van der Waals surface area contributed by atoms with Crippen LogP contribution in [0.1, 0.15) is 24.3 Å². The molecule has 0 saturated carbocycles. The molecular weight excluding hydrogens is 512 g/mol. The molecular formula is C30H40N4O4S. The van der Waals surface area contributed by atoms with Gasteiger partial charge in [-0.2, -0.15) is 5.10 Å². The maximum atomic E-state index is 12.3. The summed E-state index contributed by atoms with van der Waals surface area (Å²) < 4.78 is 13.4. The van der Waals surface area contributed by atoms with Crippen molar-refractivity contribution in [2.24, 2.45) is 0 Å². The Morgan fingerprint density at radius 1 is 1.23 bits per heavy atom. The fourth-order valence-corrected chi connectivity index (χ4v) is 4.61. The van der Waals surface area contributed by atoms with Crippen LogP contribution < -0.4 is 0 Å². The second-order valence-electron chi connectivity index (χ2n) is 10.2. The van der Waals surface area contributed by atoms with E-state index in [9.17, 15) is 9.90 Å². The third-order valence-electron chi connectivity index (χ3n) is 6.11. The van der Waals surface area contributed by atoms with Crippen LogP contribution in [-0.4, -0.2) is 83.0 Å². The van der Waals surface area contributed by atoms with E-state index in [1.54, 1.807) is 44.2 Å². The van der Waals surface area contributed by atoms with Crippen LogP contribution in [0.5, 0.6) is 0 Å². The molecule has 1 atom stereocenters. The topological polar surface area (TPSA) is 89.7 Å². The van der Waals surface area contributed by atoms with Crippen LogP contribution >= 0.6 is 10.0 Å². The number of carbonyl (C=O) groups is 1. The van der Waals surface area contributed by atoms with Gasteiger partial charge < -0.3 is 19.5 Å². The first-order valence-electron chi connectivity index (χ1n) is 12.6. The number of aliphatic hydroxyl groups is 1. The summed E-state index contributed by atoms with van der Waals surface area (Å²) in [6.45, 7) is 6.75. The van der Waals surface area contributed by atoms with Crippen LogP contribution in [0.2, 0.25) is 0 Å².